The highest BCUT2D eigenvalue weighted by Crippen LogP contribution is 2.29. The van der Waals surface area contributed by atoms with E-state index in [1.807, 2.05) is 53.1 Å². The van der Waals surface area contributed by atoms with E-state index in [1.165, 1.54) is 0 Å². The zero-order chi connectivity index (χ0) is 19.0. The van der Waals surface area contributed by atoms with Crippen LogP contribution in [0.15, 0.2) is 48.5 Å². The molecule has 3 aromatic rings. The number of hydrogen-bond acceptors (Lipinski definition) is 3. The summed E-state index contributed by atoms with van der Waals surface area (Å²) in [5.74, 6) is 1.99. The van der Waals surface area contributed by atoms with Crippen molar-refractivity contribution in [2.24, 2.45) is 0 Å². The number of aliphatic hydroxyl groups excluding tert-OH is 1. The summed E-state index contributed by atoms with van der Waals surface area (Å²) in [5, 5.41) is 15.4. The average molecular weight is 361 g/mol. The van der Waals surface area contributed by atoms with Crippen molar-refractivity contribution in [2.45, 2.75) is 25.1 Å². The smallest absolute Gasteiger partial charge is 0.324 e. The van der Waals surface area contributed by atoms with Crippen molar-refractivity contribution in [1.82, 2.24) is 14.8 Å². The van der Waals surface area contributed by atoms with Crippen molar-refractivity contribution in [3.8, 4) is 12.3 Å². The second-order valence-electron chi connectivity index (χ2n) is 6.66. The monoisotopic (exact) mass is 361 g/mol. The second kappa shape index (κ2) is 6.78. The van der Waals surface area contributed by atoms with Crippen LogP contribution in [-0.2, 0) is 11.3 Å². The van der Waals surface area contributed by atoms with Gasteiger partial charge in [-0.2, -0.15) is 0 Å². The molecule has 0 saturated carbocycles. The molecule has 1 saturated heterocycles. The maximum Gasteiger partial charge on any atom is 0.324 e. The fraction of sp³-hybridized carbons (Fsp3) is 0.238. The normalized spacial score (nSPS) is 18.1. The van der Waals surface area contributed by atoms with E-state index in [1.54, 1.807) is 0 Å². The van der Waals surface area contributed by atoms with E-state index in [9.17, 15) is 14.7 Å². The number of para-hydroxylation sites is 2. The van der Waals surface area contributed by atoms with E-state index in [0.29, 0.717) is 0 Å². The van der Waals surface area contributed by atoms with Crippen molar-refractivity contribution in [2.75, 3.05) is 6.54 Å². The molecule has 0 radical (unpaired) electrons. The number of β-amino-alcohol motifs (C(OH)–C–C–N with tert-alkyl or cyclic N) is 1. The first kappa shape index (κ1) is 17.1. The van der Waals surface area contributed by atoms with Gasteiger partial charge in [-0.3, -0.25) is 9.69 Å². The molecule has 4 rings (SSSR count). The van der Waals surface area contributed by atoms with Gasteiger partial charge in [0.05, 0.1) is 19.2 Å². The van der Waals surface area contributed by atoms with Gasteiger partial charge in [0.1, 0.15) is 6.04 Å². The molecule has 0 bridgehead atoms. The first-order valence-corrected chi connectivity index (χ1v) is 8.79. The van der Waals surface area contributed by atoms with Crippen molar-refractivity contribution in [1.29, 1.82) is 0 Å². The molecule has 3 amide bonds. The molecule has 1 aromatic heterocycles. The number of rotatable bonds is 5. The molecule has 2 heterocycles. The van der Waals surface area contributed by atoms with Gasteiger partial charge in [-0.1, -0.05) is 36.4 Å². The van der Waals surface area contributed by atoms with Gasteiger partial charge in [0.25, 0.3) is 5.91 Å². The number of carbonyl (C=O) groups excluding carboxylic acids is 2. The minimum atomic E-state index is -0.900. The largest absolute Gasteiger partial charge is 0.389 e. The Hall–Kier alpha value is -3.30. The van der Waals surface area contributed by atoms with E-state index < -0.39 is 18.2 Å². The van der Waals surface area contributed by atoms with Crippen LogP contribution in [0.1, 0.15) is 6.42 Å². The number of benzene rings is 2. The number of imide groups is 1. The van der Waals surface area contributed by atoms with Crippen LogP contribution in [0.4, 0.5) is 4.79 Å². The molecule has 27 heavy (non-hydrogen) atoms. The third-order valence-electron chi connectivity index (χ3n) is 4.90. The fourth-order valence-corrected chi connectivity index (χ4v) is 3.69. The van der Waals surface area contributed by atoms with Gasteiger partial charge in [0.15, 0.2) is 0 Å². The molecule has 1 fully saturated rings. The van der Waals surface area contributed by atoms with E-state index in [-0.39, 0.29) is 25.4 Å². The highest BCUT2D eigenvalue weighted by molar-refractivity contribution is 6.08. The number of terminal acetylenes is 1. The van der Waals surface area contributed by atoms with Crippen LogP contribution in [-0.4, -0.2) is 45.2 Å². The summed E-state index contributed by atoms with van der Waals surface area (Å²) in [4.78, 5) is 25.4. The minimum absolute atomic E-state index is 0.0768. The molecule has 6 heteroatoms. The number of fused-ring (bicyclic) bond motifs is 3. The molecule has 1 aliphatic rings. The predicted molar refractivity (Wildman–Crippen MR) is 103 cm³/mol. The quantitative estimate of drug-likeness (QED) is 0.540. The fourth-order valence-electron chi connectivity index (χ4n) is 3.69. The summed E-state index contributed by atoms with van der Waals surface area (Å²) in [5.41, 5.74) is 2.00. The Kier molecular flexibility index (Phi) is 4.30. The Labute approximate surface area is 156 Å². The number of nitrogens with one attached hydrogen (secondary N) is 1. The number of urea groups is 1. The van der Waals surface area contributed by atoms with Gasteiger partial charge >= 0.3 is 6.03 Å². The zero-order valence-corrected chi connectivity index (χ0v) is 14.6. The molecule has 2 aromatic carbocycles. The number of carbonyl (C=O) groups is 2. The number of aromatic nitrogens is 1. The molecular formula is C21H19N3O3. The zero-order valence-electron chi connectivity index (χ0n) is 14.6. The van der Waals surface area contributed by atoms with E-state index in [0.717, 1.165) is 26.7 Å². The average Bonchev–Trinajstić information content (AvgIpc) is 3.12. The van der Waals surface area contributed by atoms with Crippen LogP contribution >= 0.6 is 0 Å². The lowest BCUT2D eigenvalue weighted by Gasteiger charge is -2.19. The summed E-state index contributed by atoms with van der Waals surface area (Å²) >= 11 is 0. The lowest BCUT2D eigenvalue weighted by molar-refractivity contribution is -0.128. The number of aliphatic hydroxyl groups is 1. The second-order valence-corrected chi connectivity index (χ2v) is 6.66. The SMILES string of the molecule is C#CC[C@H]1NC(=O)N(C[C@@H](O)Cn2c3ccccc3c3ccccc32)C1=O. The Morgan fingerprint density at radius 3 is 2.22 bits per heavy atom. The van der Waals surface area contributed by atoms with Crippen LogP contribution in [0, 0.1) is 12.3 Å². The van der Waals surface area contributed by atoms with Gasteiger partial charge in [-0.15, -0.1) is 12.3 Å². The lowest BCUT2D eigenvalue weighted by atomic mass is 10.2. The molecule has 2 atom stereocenters. The Morgan fingerprint density at radius 2 is 1.63 bits per heavy atom. The molecule has 0 aliphatic carbocycles. The lowest BCUT2D eigenvalue weighted by Crippen LogP contribution is -2.39. The van der Waals surface area contributed by atoms with Crippen LogP contribution in [0.5, 0.6) is 0 Å². The summed E-state index contributed by atoms with van der Waals surface area (Å²) in [7, 11) is 0. The van der Waals surface area contributed by atoms with Gasteiger partial charge in [0.2, 0.25) is 0 Å². The number of hydrogen-bond donors (Lipinski definition) is 2. The third kappa shape index (κ3) is 2.92. The maximum absolute atomic E-state index is 12.3. The molecule has 1 aliphatic heterocycles. The first-order valence-electron chi connectivity index (χ1n) is 8.79. The summed E-state index contributed by atoms with van der Waals surface area (Å²) in [6, 6.07) is 14.7. The van der Waals surface area contributed by atoms with Crippen LogP contribution < -0.4 is 5.32 Å². The van der Waals surface area contributed by atoms with Crippen molar-refractivity contribution in [3.63, 3.8) is 0 Å². The van der Waals surface area contributed by atoms with Crippen LogP contribution in [0.3, 0.4) is 0 Å². The maximum atomic E-state index is 12.3. The minimum Gasteiger partial charge on any atom is -0.389 e. The van der Waals surface area contributed by atoms with Gasteiger partial charge < -0.3 is 15.0 Å². The van der Waals surface area contributed by atoms with E-state index in [4.69, 9.17) is 6.42 Å². The van der Waals surface area contributed by atoms with E-state index >= 15 is 0 Å². The van der Waals surface area contributed by atoms with Crippen molar-refractivity contribution < 1.29 is 14.7 Å². The Morgan fingerprint density at radius 1 is 1.04 bits per heavy atom. The summed E-state index contributed by atoms with van der Waals surface area (Å²) < 4.78 is 2.02. The van der Waals surface area contributed by atoms with E-state index in [2.05, 4.69) is 11.2 Å². The Bertz CT molecular complexity index is 1030. The highest BCUT2D eigenvalue weighted by Gasteiger charge is 2.38. The molecule has 6 nitrogen and oxygen atoms in total. The number of amides is 3. The Balaban J connectivity index is 1.60. The molecule has 0 unspecified atom stereocenters. The molecule has 2 N–H and O–H groups in total. The van der Waals surface area contributed by atoms with Crippen molar-refractivity contribution >= 4 is 33.7 Å². The molecule has 0 spiro atoms. The summed E-state index contributed by atoms with van der Waals surface area (Å²) in [6.07, 6.45) is 4.48. The van der Waals surface area contributed by atoms with Gasteiger partial charge in [0, 0.05) is 28.2 Å². The number of nitrogens with zero attached hydrogens (tertiary/aromatic N) is 2. The highest BCUT2D eigenvalue weighted by atomic mass is 16.3. The predicted octanol–water partition coefficient (Wildman–Crippen LogP) is 2.10. The molecule has 136 valence electrons. The van der Waals surface area contributed by atoms with Crippen molar-refractivity contribution in [3.05, 3.63) is 48.5 Å². The van der Waals surface area contributed by atoms with Crippen LogP contribution in [0.25, 0.3) is 21.8 Å². The van der Waals surface area contributed by atoms with Crippen LogP contribution in [0.2, 0.25) is 0 Å². The summed E-state index contributed by atoms with van der Waals surface area (Å²) in [6.45, 7) is 0.192. The first-order chi connectivity index (χ1) is 13.1. The standard InChI is InChI=1S/C21H19N3O3/c1-2-7-17-20(26)24(21(27)22-17)13-14(25)12-23-18-10-5-3-8-15(18)16-9-4-6-11-19(16)23/h1,3-6,8-11,14,17,25H,7,12-13H2,(H,22,27)/t14-,17+/m0/s1. The topological polar surface area (TPSA) is 74.6 Å². The van der Waals surface area contributed by atoms with Gasteiger partial charge in [-0.05, 0) is 12.1 Å². The third-order valence-corrected chi connectivity index (χ3v) is 4.90. The molecular weight excluding hydrogens is 342 g/mol. The van der Waals surface area contributed by atoms with Gasteiger partial charge in [-0.25, -0.2) is 4.79 Å².